The maximum absolute atomic E-state index is 12.5. The van der Waals surface area contributed by atoms with E-state index >= 15 is 0 Å². The van der Waals surface area contributed by atoms with Gasteiger partial charge in [0.25, 0.3) is 0 Å². The van der Waals surface area contributed by atoms with E-state index in [0.717, 1.165) is 24.3 Å². The van der Waals surface area contributed by atoms with Crippen LogP contribution in [-0.2, 0) is 16.6 Å². The molecule has 1 fully saturated rings. The highest BCUT2D eigenvalue weighted by atomic mass is 79.9. The number of thioether (sulfide) groups is 1. The van der Waals surface area contributed by atoms with E-state index < -0.39 is 10.0 Å². The normalized spacial score (nSPS) is 17.1. The molecule has 0 aromatic heterocycles. The van der Waals surface area contributed by atoms with Gasteiger partial charge in [-0.1, -0.05) is 15.9 Å². The molecule has 1 heterocycles. The van der Waals surface area contributed by atoms with Crippen LogP contribution < -0.4 is 4.72 Å². The Kier molecular flexibility index (Phi) is 6.14. The van der Waals surface area contributed by atoms with Crippen LogP contribution in [0.2, 0.25) is 0 Å². The summed E-state index contributed by atoms with van der Waals surface area (Å²) in [6, 6.07) is 3.28. The fraction of sp³-hybridized carbons (Fsp3) is 0.571. The minimum Gasteiger partial charge on any atom is -0.392 e. The number of hydrogen-bond donors (Lipinski definition) is 2. The Labute approximate surface area is 138 Å². The van der Waals surface area contributed by atoms with E-state index in [4.69, 9.17) is 0 Å². The summed E-state index contributed by atoms with van der Waals surface area (Å²) in [7, 11) is -3.54. The molecule has 0 aliphatic carbocycles. The van der Waals surface area contributed by atoms with Crippen molar-refractivity contribution in [2.24, 2.45) is 5.92 Å². The van der Waals surface area contributed by atoms with Gasteiger partial charge in [-0.3, -0.25) is 0 Å². The molecule has 4 nitrogen and oxygen atoms in total. The van der Waals surface area contributed by atoms with Crippen LogP contribution in [0.15, 0.2) is 21.5 Å². The second-order valence-electron chi connectivity index (χ2n) is 5.27. The van der Waals surface area contributed by atoms with E-state index in [9.17, 15) is 13.5 Å². The third-order valence-electron chi connectivity index (χ3n) is 3.73. The lowest BCUT2D eigenvalue weighted by molar-refractivity contribution is 0.281. The van der Waals surface area contributed by atoms with Gasteiger partial charge < -0.3 is 5.11 Å². The lowest BCUT2D eigenvalue weighted by Crippen LogP contribution is -2.31. The standard InChI is InChI=1S/C14H20BrNO3S2/c1-10-13(15)6-12(9-17)7-14(10)21(18,19)16-8-11-2-4-20-5-3-11/h6-7,11,16-17H,2-5,8-9H2,1H3. The molecule has 118 valence electrons. The highest BCUT2D eigenvalue weighted by molar-refractivity contribution is 9.10. The molecule has 0 bridgehead atoms. The number of halogens is 1. The first-order chi connectivity index (χ1) is 9.94. The van der Waals surface area contributed by atoms with Gasteiger partial charge in [0.05, 0.1) is 11.5 Å². The van der Waals surface area contributed by atoms with Gasteiger partial charge in [-0.2, -0.15) is 11.8 Å². The fourth-order valence-corrected chi connectivity index (χ4v) is 5.61. The zero-order valence-corrected chi connectivity index (χ0v) is 15.2. The molecular formula is C14H20BrNO3S2. The Hall–Kier alpha value is -0.0800. The first-order valence-corrected chi connectivity index (χ1v) is 10.3. The third kappa shape index (κ3) is 4.45. The highest BCUT2D eigenvalue weighted by Crippen LogP contribution is 2.27. The smallest absolute Gasteiger partial charge is 0.240 e. The zero-order valence-electron chi connectivity index (χ0n) is 11.9. The van der Waals surface area contributed by atoms with E-state index in [0.29, 0.717) is 28.1 Å². The molecule has 0 amide bonds. The lowest BCUT2D eigenvalue weighted by atomic mass is 10.0. The van der Waals surface area contributed by atoms with E-state index in [2.05, 4.69) is 20.7 Å². The molecule has 1 aromatic rings. The number of aliphatic hydroxyl groups is 1. The van der Waals surface area contributed by atoms with Gasteiger partial charge >= 0.3 is 0 Å². The van der Waals surface area contributed by atoms with Crippen molar-refractivity contribution in [3.05, 3.63) is 27.7 Å². The Morgan fingerprint density at radius 3 is 2.67 bits per heavy atom. The summed E-state index contributed by atoms with van der Waals surface area (Å²) < 4.78 is 28.4. The van der Waals surface area contributed by atoms with Crippen molar-refractivity contribution in [1.82, 2.24) is 4.72 Å². The van der Waals surface area contributed by atoms with Gasteiger partial charge in [-0.05, 0) is 60.4 Å². The predicted molar refractivity (Wildman–Crippen MR) is 90.0 cm³/mol. The summed E-state index contributed by atoms with van der Waals surface area (Å²) in [5.74, 6) is 2.64. The molecule has 21 heavy (non-hydrogen) atoms. The largest absolute Gasteiger partial charge is 0.392 e. The summed E-state index contributed by atoms with van der Waals surface area (Å²) in [4.78, 5) is 0.242. The zero-order chi connectivity index (χ0) is 15.5. The minimum atomic E-state index is -3.54. The van der Waals surface area contributed by atoms with Crippen molar-refractivity contribution in [2.75, 3.05) is 18.1 Å². The first-order valence-electron chi connectivity index (χ1n) is 6.91. The van der Waals surface area contributed by atoms with E-state index in [1.807, 2.05) is 11.8 Å². The van der Waals surface area contributed by atoms with Gasteiger partial charge in [0.2, 0.25) is 10.0 Å². The predicted octanol–water partition coefficient (Wildman–Crippen LogP) is 2.67. The van der Waals surface area contributed by atoms with Crippen LogP contribution in [0.3, 0.4) is 0 Å². The number of benzene rings is 1. The van der Waals surface area contributed by atoms with Crippen molar-refractivity contribution in [1.29, 1.82) is 0 Å². The second-order valence-corrected chi connectivity index (χ2v) is 9.08. The number of hydrogen-bond acceptors (Lipinski definition) is 4. The Bertz CT molecular complexity index is 598. The molecule has 1 aliphatic heterocycles. The van der Waals surface area contributed by atoms with E-state index in [1.165, 1.54) is 0 Å². The molecule has 1 aromatic carbocycles. The van der Waals surface area contributed by atoms with Crippen LogP contribution in [0.1, 0.15) is 24.0 Å². The van der Waals surface area contributed by atoms with Crippen molar-refractivity contribution in [2.45, 2.75) is 31.3 Å². The SMILES string of the molecule is Cc1c(Br)cc(CO)cc1S(=O)(=O)NCC1CCSCC1. The summed E-state index contributed by atoms with van der Waals surface area (Å²) in [6.45, 7) is 2.07. The topological polar surface area (TPSA) is 66.4 Å². The minimum absolute atomic E-state index is 0.179. The Morgan fingerprint density at radius 2 is 2.05 bits per heavy atom. The second kappa shape index (κ2) is 7.46. The average Bonchev–Trinajstić information content (AvgIpc) is 2.48. The molecule has 0 spiro atoms. The molecule has 2 N–H and O–H groups in total. The lowest BCUT2D eigenvalue weighted by Gasteiger charge is -2.22. The van der Waals surface area contributed by atoms with Gasteiger partial charge in [0, 0.05) is 11.0 Å². The first kappa shape index (κ1) is 17.3. The fourth-order valence-electron chi connectivity index (χ4n) is 2.33. The molecule has 0 unspecified atom stereocenters. The van der Waals surface area contributed by atoms with Crippen molar-refractivity contribution < 1.29 is 13.5 Å². The van der Waals surface area contributed by atoms with Crippen LogP contribution in [0, 0.1) is 12.8 Å². The average molecular weight is 394 g/mol. The van der Waals surface area contributed by atoms with Crippen LogP contribution in [0.5, 0.6) is 0 Å². The summed E-state index contributed by atoms with van der Waals surface area (Å²) >= 11 is 5.28. The maximum atomic E-state index is 12.5. The van der Waals surface area contributed by atoms with Gasteiger partial charge in [0.15, 0.2) is 0 Å². The molecule has 7 heteroatoms. The monoisotopic (exact) mass is 393 g/mol. The Balaban J connectivity index is 2.16. The molecular weight excluding hydrogens is 374 g/mol. The molecule has 1 aliphatic rings. The summed E-state index contributed by atoms with van der Waals surface area (Å²) in [5, 5.41) is 9.24. The molecule has 1 saturated heterocycles. The van der Waals surface area contributed by atoms with Crippen molar-refractivity contribution in [3.63, 3.8) is 0 Å². The van der Waals surface area contributed by atoms with Crippen molar-refractivity contribution in [3.8, 4) is 0 Å². The van der Waals surface area contributed by atoms with Crippen LogP contribution >= 0.6 is 27.7 Å². The third-order valence-corrected chi connectivity index (χ3v) is 7.15. The van der Waals surface area contributed by atoms with Crippen LogP contribution in [-0.4, -0.2) is 31.6 Å². The number of rotatable bonds is 5. The Morgan fingerprint density at radius 1 is 1.38 bits per heavy atom. The van der Waals surface area contributed by atoms with Crippen LogP contribution in [0.4, 0.5) is 0 Å². The van der Waals surface area contributed by atoms with Gasteiger partial charge in [0.1, 0.15) is 0 Å². The number of sulfonamides is 1. The van der Waals surface area contributed by atoms with Gasteiger partial charge in [-0.25, -0.2) is 13.1 Å². The highest BCUT2D eigenvalue weighted by Gasteiger charge is 2.22. The molecule has 0 radical (unpaired) electrons. The quantitative estimate of drug-likeness (QED) is 0.806. The van der Waals surface area contributed by atoms with E-state index in [-0.39, 0.29) is 11.5 Å². The molecule has 0 saturated carbocycles. The molecule has 0 atom stereocenters. The number of aliphatic hydroxyl groups excluding tert-OH is 1. The van der Waals surface area contributed by atoms with Crippen molar-refractivity contribution >= 4 is 37.7 Å². The maximum Gasteiger partial charge on any atom is 0.240 e. The summed E-state index contributed by atoms with van der Waals surface area (Å²) in [5.41, 5.74) is 1.25. The van der Waals surface area contributed by atoms with Crippen LogP contribution in [0.25, 0.3) is 0 Å². The van der Waals surface area contributed by atoms with Gasteiger partial charge in [-0.15, -0.1) is 0 Å². The van der Waals surface area contributed by atoms with E-state index in [1.54, 1.807) is 19.1 Å². The number of nitrogens with one attached hydrogen (secondary N) is 1. The molecule has 2 rings (SSSR count). The summed E-state index contributed by atoms with van der Waals surface area (Å²) in [6.07, 6.45) is 2.12.